The van der Waals surface area contributed by atoms with Gasteiger partial charge in [-0.05, 0) is 40.2 Å². The van der Waals surface area contributed by atoms with E-state index in [9.17, 15) is 9.18 Å². The molecule has 0 radical (unpaired) electrons. The van der Waals surface area contributed by atoms with Gasteiger partial charge in [-0.2, -0.15) is 0 Å². The molecule has 0 N–H and O–H groups in total. The van der Waals surface area contributed by atoms with Gasteiger partial charge in [0, 0.05) is 55.3 Å². The van der Waals surface area contributed by atoms with Gasteiger partial charge in [0.15, 0.2) is 0 Å². The Kier molecular flexibility index (Phi) is 6.57. The van der Waals surface area contributed by atoms with Crippen LogP contribution in [0.4, 0.5) is 4.39 Å². The average Bonchev–Trinajstić information content (AvgIpc) is 3.02. The van der Waals surface area contributed by atoms with Crippen LogP contribution in [-0.2, 0) is 17.8 Å². The Morgan fingerprint density at radius 1 is 1.28 bits per heavy atom. The summed E-state index contributed by atoms with van der Waals surface area (Å²) in [6.07, 6.45) is 1.07. The molecule has 1 fully saturated rings. The molecule has 1 aromatic heterocycles. The Morgan fingerprint density at radius 2 is 2.03 bits per heavy atom. The lowest BCUT2D eigenvalue weighted by atomic mass is 10.0. The number of rotatable bonds is 6. The maximum Gasteiger partial charge on any atom is 0.223 e. The van der Waals surface area contributed by atoms with E-state index >= 15 is 0 Å². The van der Waals surface area contributed by atoms with E-state index in [1.54, 1.807) is 12.1 Å². The number of hydrogen-bond donors (Lipinski definition) is 0. The summed E-state index contributed by atoms with van der Waals surface area (Å²) in [6.45, 7) is 9.81. The summed E-state index contributed by atoms with van der Waals surface area (Å²) in [4.78, 5) is 17.0. The second-order valence-corrected chi connectivity index (χ2v) is 7.80. The molecule has 1 saturated heterocycles. The number of carbonyl (C=O) groups is 1. The van der Waals surface area contributed by atoms with E-state index in [-0.39, 0.29) is 23.8 Å². The molecule has 2 heterocycles. The smallest absolute Gasteiger partial charge is 0.223 e. The molecule has 2 aromatic rings. The first-order valence-corrected chi connectivity index (χ1v) is 10.1. The van der Waals surface area contributed by atoms with Crippen molar-refractivity contribution < 1.29 is 18.4 Å². The molecule has 7 heteroatoms. The highest BCUT2D eigenvalue weighted by Gasteiger charge is 2.33. The molecule has 2 atom stereocenters. The lowest BCUT2D eigenvalue weighted by Gasteiger charge is -2.45. The molecule has 0 bridgehead atoms. The van der Waals surface area contributed by atoms with Crippen LogP contribution in [0.15, 0.2) is 22.7 Å². The molecule has 158 valence electrons. The predicted octanol–water partition coefficient (Wildman–Crippen LogP) is 3.49. The summed E-state index contributed by atoms with van der Waals surface area (Å²) in [5.41, 5.74) is 2.51. The first-order valence-electron chi connectivity index (χ1n) is 10.1. The van der Waals surface area contributed by atoms with Crippen molar-refractivity contribution in [1.82, 2.24) is 15.0 Å². The van der Waals surface area contributed by atoms with Gasteiger partial charge in [0.05, 0.1) is 12.8 Å². The summed E-state index contributed by atoms with van der Waals surface area (Å²) in [5, 5.41) is 3.96. The standard InChI is InChI=1S/C22H30FN3O3/c1-14-20(17(4)29-24-14)8-9-22(27)26-11-10-25(15(2)16(26)3)13-18-6-7-19(28-5)12-21(18)23/h6-7,12,15-16H,8-11,13H2,1-5H3/t15-,16-/m1/s1. The number of nitrogens with zero attached hydrogens (tertiary/aromatic N) is 3. The first-order chi connectivity index (χ1) is 13.8. The van der Waals surface area contributed by atoms with Crippen LogP contribution >= 0.6 is 0 Å². The molecule has 3 rings (SSSR count). The minimum Gasteiger partial charge on any atom is -0.497 e. The van der Waals surface area contributed by atoms with Gasteiger partial charge in [0.1, 0.15) is 17.3 Å². The van der Waals surface area contributed by atoms with E-state index in [0.717, 1.165) is 17.0 Å². The van der Waals surface area contributed by atoms with E-state index in [1.165, 1.54) is 13.2 Å². The van der Waals surface area contributed by atoms with Gasteiger partial charge in [-0.1, -0.05) is 11.2 Å². The van der Waals surface area contributed by atoms with Crippen molar-refractivity contribution in [1.29, 1.82) is 0 Å². The number of methoxy groups -OCH3 is 1. The second-order valence-electron chi connectivity index (χ2n) is 7.80. The third-order valence-electron chi connectivity index (χ3n) is 6.12. The van der Waals surface area contributed by atoms with Crippen molar-refractivity contribution in [3.63, 3.8) is 0 Å². The van der Waals surface area contributed by atoms with Crippen molar-refractivity contribution in [3.8, 4) is 5.75 Å². The monoisotopic (exact) mass is 403 g/mol. The third-order valence-corrected chi connectivity index (χ3v) is 6.12. The topological polar surface area (TPSA) is 58.8 Å². The van der Waals surface area contributed by atoms with Gasteiger partial charge in [-0.25, -0.2) is 4.39 Å². The SMILES string of the molecule is COc1ccc(CN2CCN(C(=O)CCc3c(C)noc3C)[C@H](C)[C@H]2C)c(F)c1. The molecular weight excluding hydrogens is 373 g/mol. The lowest BCUT2D eigenvalue weighted by molar-refractivity contribution is -0.137. The maximum atomic E-state index is 14.3. The predicted molar refractivity (Wildman–Crippen MR) is 108 cm³/mol. The van der Waals surface area contributed by atoms with E-state index < -0.39 is 0 Å². The minimum atomic E-state index is -0.262. The summed E-state index contributed by atoms with van der Waals surface area (Å²) in [7, 11) is 1.53. The Bertz CT molecular complexity index is 847. The highest BCUT2D eigenvalue weighted by atomic mass is 19.1. The fraction of sp³-hybridized carbons (Fsp3) is 0.545. The van der Waals surface area contributed by atoms with Gasteiger partial charge in [-0.3, -0.25) is 9.69 Å². The molecular formula is C22H30FN3O3. The number of benzene rings is 1. The zero-order valence-corrected chi connectivity index (χ0v) is 17.9. The number of amides is 1. The van der Waals surface area contributed by atoms with Crippen LogP contribution in [0.2, 0.25) is 0 Å². The van der Waals surface area contributed by atoms with Crippen molar-refractivity contribution in [2.45, 2.75) is 59.2 Å². The number of carbonyl (C=O) groups excluding carboxylic acids is 1. The number of aromatic nitrogens is 1. The van der Waals surface area contributed by atoms with Crippen LogP contribution in [0.25, 0.3) is 0 Å². The van der Waals surface area contributed by atoms with E-state index in [2.05, 4.69) is 23.9 Å². The molecule has 0 spiro atoms. The van der Waals surface area contributed by atoms with Gasteiger partial charge >= 0.3 is 0 Å². The fourth-order valence-electron chi connectivity index (χ4n) is 4.02. The second kappa shape index (κ2) is 8.95. The molecule has 1 aliphatic heterocycles. The Labute approximate surface area is 171 Å². The number of aryl methyl sites for hydroxylation is 2. The first kappa shape index (κ1) is 21.3. The molecule has 29 heavy (non-hydrogen) atoms. The van der Waals surface area contributed by atoms with Crippen LogP contribution in [0.1, 0.15) is 42.8 Å². The quantitative estimate of drug-likeness (QED) is 0.739. The molecule has 0 saturated carbocycles. The maximum absolute atomic E-state index is 14.3. The Hall–Kier alpha value is -2.41. The molecule has 0 aliphatic carbocycles. The van der Waals surface area contributed by atoms with Gasteiger partial charge < -0.3 is 14.2 Å². The van der Waals surface area contributed by atoms with Gasteiger partial charge in [-0.15, -0.1) is 0 Å². The Morgan fingerprint density at radius 3 is 2.66 bits per heavy atom. The lowest BCUT2D eigenvalue weighted by Crippen LogP contribution is -2.58. The number of ether oxygens (including phenoxy) is 1. The average molecular weight is 403 g/mol. The van der Waals surface area contributed by atoms with Crippen molar-refractivity contribution >= 4 is 5.91 Å². The van der Waals surface area contributed by atoms with Crippen LogP contribution in [0, 0.1) is 19.7 Å². The highest BCUT2D eigenvalue weighted by molar-refractivity contribution is 5.77. The zero-order chi connectivity index (χ0) is 21.1. The number of piperazine rings is 1. The normalized spacial score (nSPS) is 20.1. The third kappa shape index (κ3) is 4.61. The summed E-state index contributed by atoms with van der Waals surface area (Å²) in [6, 6.07) is 5.15. The van der Waals surface area contributed by atoms with Crippen LogP contribution < -0.4 is 4.74 Å². The van der Waals surface area contributed by atoms with Crippen molar-refractivity contribution in [2.75, 3.05) is 20.2 Å². The Balaban J connectivity index is 1.60. The van der Waals surface area contributed by atoms with E-state index in [0.29, 0.717) is 43.8 Å². The zero-order valence-electron chi connectivity index (χ0n) is 17.9. The van der Waals surface area contributed by atoms with Crippen LogP contribution in [0.3, 0.4) is 0 Å². The largest absolute Gasteiger partial charge is 0.497 e. The molecule has 1 amide bonds. The summed E-state index contributed by atoms with van der Waals surface area (Å²) >= 11 is 0. The van der Waals surface area contributed by atoms with Crippen LogP contribution in [-0.4, -0.2) is 53.1 Å². The van der Waals surface area contributed by atoms with E-state index in [1.807, 2.05) is 18.7 Å². The number of hydrogen-bond acceptors (Lipinski definition) is 5. The minimum absolute atomic E-state index is 0.0576. The van der Waals surface area contributed by atoms with Crippen LogP contribution in [0.5, 0.6) is 5.75 Å². The fourth-order valence-corrected chi connectivity index (χ4v) is 4.02. The van der Waals surface area contributed by atoms with Crippen molar-refractivity contribution in [2.24, 2.45) is 0 Å². The molecule has 1 aromatic carbocycles. The molecule has 1 aliphatic rings. The highest BCUT2D eigenvalue weighted by Crippen LogP contribution is 2.24. The van der Waals surface area contributed by atoms with Gasteiger partial charge in [0.2, 0.25) is 5.91 Å². The summed E-state index contributed by atoms with van der Waals surface area (Å²) in [5.74, 6) is 1.17. The van der Waals surface area contributed by atoms with E-state index in [4.69, 9.17) is 9.26 Å². The van der Waals surface area contributed by atoms with Gasteiger partial charge in [0.25, 0.3) is 0 Å². The molecule has 6 nitrogen and oxygen atoms in total. The van der Waals surface area contributed by atoms with Crippen molar-refractivity contribution in [3.05, 3.63) is 46.6 Å². The molecule has 0 unspecified atom stereocenters. The number of halogens is 1. The summed E-state index contributed by atoms with van der Waals surface area (Å²) < 4.78 is 24.6.